The minimum Gasteiger partial charge on any atom is -0.496 e. The van der Waals surface area contributed by atoms with Crippen molar-refractivity contribution in [3.05, 3.63) is 29.8 Å². The van der Waals surface area contributed by atoms with Gasteiger partial charge in [0.25, 0.3) is 0 Å². The lowest BCUT2D eigenvalue weighted by molar-refractivity contribution is 0.287. The van der Waals surface area contributed by atoms with E-state index in [1.165, 1.54) is 12.0 Å². The van der Waals surface area contributed by atoms with Gasteiger partial charge in [-0.25, -0.2) is 0 Å². The number of nitrogens with one attached hydrogen (secondary N) is 2. The number of para-hydroxylation sites is 1. The van der Waals surface area contributed by atoms with Crippen molar-refractivity contribution in [1.82, 2.24) is 15.5 Å². The van der Waals surface area contributed by atoms with E-state index < -0.39 is 0 Å². The molecule has 1 aliphatic carbocycles. The van der Waals surface area contributed by atoms with E-state index in [-0.39, 0.29) is 6.04 Å². The summed E-state index contributed by atoms with van der Waals surface area (Å²) in [6.07, 6.45) is 1.23. The minimum atomic E-state index is 0.214. The molecule has 0 radical (unpaired) electrons. The smallest absolute Gasteiger partial charge is 0.191 e. The van der Waals surface area contributed by atoms with Crippen LogP contribution in [0.5, 0.6) is 5.75 Å². The standard InChI is InChI=1S/C17H28N4O/c1-12-10-14(12)20-17(18-2)19-11-15(21(3)4)13-8-6-7-9-16(13)22-5/h6-9,12,14-15H,10-11H2,1-5H3,(H2,18,19,20). The van der Waals surface area contributed by atoms with E-state index in [9.17, 15) is 0 Å². The van der Waals surface area contributed by atoms with Gasteiger partial charge in [0.1, 0.15) is 5.75 Å². The van der Waals surface area contributed by atoms with E-state index in [0.717, 1.165) is 24.2 Å². The Balaban J connectivity index is 2.02. The van der Waals surface area contributed by atoms with Gasteiger partial charge >= 0.3 is 0 Å². The summed E-state index contributed by atoms with van der Waals surface area (Å²) in [5.41, 5.74) is 1.18. The zero-order valence-corrected chi connectivity index (χ0v) is 14.3. The number of hydrogen-bond acceptors (Lipinski definition) is 3. The zero-order valence-electron chi connectivity index (χ0n) is 14.3. The van der Waals surface area contributed by atoms with Gasteiger partial charge in [-0.2, -0.15) is 0 Å². The van der Waals surface area contributed by atoms with Crippen LogP contribution in [-0.4, -0.2) is 51.7 Å². The second-order valence-electron chi connectivity index (χ2n) is 6.14. The Kier molecular flexibility index (Phi) is 5.66. The molecular formula is C17H28N4O. The lowest BCUT2D eigenvalue weighted by Crippen LogP contribution is -2.43. The summed E-state index contributed by atoms with van der Waals surface area (Å²) in [5.74, 6) is 2.54. The number of nitrogens with zero attached hydrogens (tertiary/aromatic N) is 2. The van der Waals surface area contributed by atoms with E-state index in [1.807, 2.05) is 25.2 Å². The Morgan fingerprint density at radius 1 is 1.41 bits per heavy atom. The van der Waals surface area contributed by atoms with E-state index in [1.54, 1.807) is 7.11 Å². The first kappa shape index (κ1) is 16.6. The molecular weight excluding hydrogens is 276 g/mol. The van der Waals surface area contributed by atoms with Gasteiger partial charge < -0.3 is 20.3 Å². The molecule has 122 valence electrons. The molecule has 5 heteroatoms. The fourth-order valence-corrected chi connectivity index (χ4v) is 2.60. The van der Waals surface area contributed by atoms with Gasteiger partial charge in [-0.05, 0) is 32.5 Å². The molecule has 1 aromatic carbocycles. The minimum absolute atomic E-state index is 0.214. The number of hydrogen-bond donors (Lipinski definition) is 2. The molecule has 3 atom stereocenters. The molecule has 2 N–H and O–H groups in total. The number of benzene rings is 1. The van der Waals surface area contributed by atoms with Crippen LogP contribution in [0.15, 0.2) is 29.3 Å². The van der Waals surface area contributed by atoms with Crippen molar-refractivity contribution in [3.63, 3.8) is 0 Å². The largest absolute Gasteiger partial charge is 0.496 e. The van der Waals surface area contributed by atoms with Crippen molar-refractivity contribution in [2.45, 2.75) is 25.4 Å². The average molecular weight is 304 g/mol. The summed E-state index contributed by atoms with van der Waals surface area (Å²) in [6.45, 7) is 3.02. The molecule has 0 amide bonds. The van der Waals surface area contributed by atoms with Gasteiger partial charge in [0, 0.05) is 25.2 Å². The summed E-state index contributed by atoms with van der Waals surface area (Å²) < 4.78 is 5.50. The molecule has 2 rings (SSSR count). The van der Waals surface area contributed by atoms with Crippen LogP contribution in [0.2, 0.25) is 0 Å². The van der Waals surface area contributed by atoms with Crippen LogP contribution >= 0.6 is 0 Å². The highest BCUT2D eigenvalue weighted by molar-refractivity contribution is 5.80. The SMILES string of the molecule is CN=C(NCC(c1ccccc1OC)N(C)C)NC1CC1C. The molecule has 1 saturated carbocycles. The van der Waals surface area contributed by atoms with Crippen LogP contribution in [-0.2, 0) is 0 Å². The Hall–Kier alpha value is -1.75. The molecule has 22 heavy (non-hydrogen) atoms. The number of guanidine groups is 1. The van der Waals surface area contributed by atoms with Crippen molar-refractivity contribution < 1.29 is 4.74 Å². The van der Waals surface area contributed by atoms with E-state index in [0.29, 0.717) is 6.04 Å². The molecule has 5 nitrogen and oxygen atoms in total. The number of likely N-dealkylation sites (N-methyl/N-ethyl adjacent to an activating group) is 1. The fraction of sp³-hybridized carbons (Fsp3) is 0.588. The van der Waals surface area contributed by atoms with E-state index >= 15 is 0 Å². The highest BCUT2D eigenvalue weighted by Crippen LogP contribution is 2.29. The van der Waals surface area contributed by atoms with Gasteiger partial charge in [0.05, 0.1) is 13.2 Å². The quantitative estimate of drug-likeness (QED) is 0.622. The van der Waals surface area contributed by atoms with Gasteiger partial charge in [0.15, 0.2) is 5.96 Å². The Morgan fingerprint density at radius 3 is 2.64 bits per heavy atom. The van der Waals surface area contributed by atoms with Crippen molar-refractivity contribution >= 4 is 5.96 Å². The third kappa shape index (κ3) is 4.13. The molecule has 0 heterocycles. The molecule has 0 aromatic heterocycles. The zero-order chi connectivity index (χ0) is 16.1. The predicted molar refractivity (Wildman–Crippen MR) is 91.5 cm³/mol. The van der Waals surface area contributed by atoms with Gasteiger partial charge in [-0.15, -0.1) is 0 Å². The predicted octanol–water partition coefficient (Wildman–Crippen LogP) is 1.87. The third-order valence-electron chi connectivity index (χ3n) is 4.24. The molecule has 1 fully saturated rings. The number of aliphatic imine (C=N–C) groups is 1. The van der Waals surface area contributed by atoms with E-state index in [4.69, 9.17) is 4.74 Å². The Bertz CT molecular complexity index is 515. The van der Waals surface area contributed by atoms with Crippen LogP contribution in [0.1, 0.15) is 24.9 Å². The van der Waals surface area contributed by atoms with Crippen LogP contribution < -0.4 is 15.4 Å². The normalized spacial score (nSPS) is 22.4. The fourth-order valence-electron chi connectivity index (χ4n) is 2.60. The maximum absolute atomic E-state index is 5.50. The molecule has 3 unspecified atom stereocenters. The number of ether oxygens (including phenoxy) is 1. The van der Waals surface area contributed by atoms with Crippen LogP contribution in [0.25, 0.3) is 0 Å². The highest BCUT2D eigenvalue weighted by atomic mass is 16.5. The summed E-state index contributed by atoms with van der Waals surface area (Å²) >= 11 is 0. The second-order valence-corrected chi connectivity index (χ2v) is 6.14. The summed E-state index contributed by atoms with van der Waals surface area (Å²) in [7, 11) is 7.69. The lowest BCUT2D eigenvalue weighted by Gasteiger charge is -2.27. The maximum atomic E-state index is 5.50. The monoisotopic (exact) mass is 304 g/mol. The van der Waals surface area contributed by atoms with Gasteiger partial charge in [0.2, 0.25) is 0 Å². The maximum Gasteiger partial charge on any atom is 0.191 e. The summed E-state index contributed by atoms with van der Waals surface area (Å²) in [5, 5.41) is 6.89. The molecule has 1 aliphatic rings. The molecule has 0 aliphatic heterocycles. The lowest BCUT2D eigenvalue weighted by atomic mass is 10.0. The van der Waals surface area contributed by atoms with Gasteiger partial charge in [-0.3, -0.25) is 4.99 Å². The number of rotatable bonds is 6. The van der Waals surface area contributed by atoms with Gasteiger partial charge in [-0.1, -0.05) is 25.1 Å². The molecule has 1 aromatic rings. The Labute approximate surface area is 133 Å². The van der Waals surface area contributed by atoms with Crippen LogP contribution in [0, 0.1) is 5.92 Å². The topological polar surface area (TPSA) is 48.9 Å². The average Bonchev–Trinajstić information content (AvgIpc) is 3.21. The van der Waals surface area contributed by atoms with E-state index in [2.05, 4.69) is 47.6 Å². The van der Waals surface area contributed by atoms with Crippen molar-refractivity contribution in [2.24, 2.45) is 10.9 Å². The summed E-state index contributed by atoms with van der Waals surface area (Å²) in [4.78, 5) is 6.51. The third-order valence-corrected chi connectivity index (χ3v) is 4.24. The van der Waals surface area contributed by atoms with Crippen molar-refractivity contribution in [2.75, 3.05) is 34.8 Å². The van der Waals surface area contributed by atoms with Crippen molar-refractivity contribution in [1.29, 1.82) is 0 Å². The first-order chi connectivity index (χ1) is 10.6. The second kappa shape index (κ2) is 7.49. The molecule has 0 spiro atoms. The summed E-state index contributed by atoms with van der Waals surface area (Å²) in [6, 6.07) is 8.95. The number of methoxy groups -OCH3 is 1. The molecule has 0 saturated heterocycles. The Morgan fingerprint density at radius 2 is 2.09 bits per heavy atom. The van der Waals surface area contributed by atoms with Crippen molar-refractivity contribution in [3.8, 4) is 5.75 Å². The first-order valence-corrected chi connectivity index (χ1v) is 7.83. The molecule has 0 bridgehead atoms. The highest BCUT2D eigenvalue weighted by Gasteiger charge is 2.33. The van der Waals surface area contributed by atoms with Crippen LogP contribution in [0.4, 0.5) is 0 Å². The van der Waals surface area contributed by atoms with Crippen LogP contribution in [0.3, 0.4) is 0 Å². The first-order valence-electron chi connectivity index (χ1n) is 7.83.